The summed E-state index contributed by atoms with van der Waals surface area (Å²) in [5.74, 6) is 0.675. The van der Waals surface area contributed by atoms with E-state index in [0.29, 0.717) is 34.3 Å². The van der Waals surface area contributed by atoms with Crippen LogP contribution in [0.2, 0.25) is 0 Å². The lowest BCUT2D eigenvalue weighted by Gasteiger charge is -2.11. The second-order valence-corrected chi connectivity index (χ2v) is 10.5. The minimum atomic E-state index is -3.35. The third-order valence-corrected chi connectivity index (χ3v) is 8.07. The van der Waals surface area contributed by atoms with Gasteiger partial charge >= 0.3 is 0 Å². The summed E-state index contributed by atoms with van der Waals surface area (Å²) >= 11 is 0. The Morgan fingerprint density at radius 2 is 1.62 bits per heavy atom. The number of nitrogens with zero attached hydrogens (tertiary/aromatic N) is 4. The van der Waals surface area contributed by atoms with Crippen LogP contribution >= 0.6 is 0 Å². The van der Waals surface area contributed by atoms with Gasteiger partial charge in [0.05, 0.1) is 27.7 Å². The number of benzene rings is 2. The molecule has 0 aliphatic carbocycles. The number of rotatable bonds is 8. The van der Waals surface area contributed by atoms with Crippen LogP contribution in [-0.2, 0) is 16.4 Å². The monoisotopic (exact) mass is 477 g/mol. The molecule has 0 amide bonds. The highest BCUT2D eigenvalue weighted by atomic mass is 32.2. The molecule has 9 heteroatoms. The van der Waals surface area contributed by atoms with E-state index in [0.717, 1.165) is 23.2 Å². The van der Waals surface area contributed by atoms with Gasteiger partial charge in [0.15, 0.2) is 9.84 Å². The number of hydrogen-bond acceptors (Lipinski definition) is 8. The van der Waals surface area contributed by atoms with Crippen LogP contribution in [0.4, 0.5) is 0 Å². The Labute approximate surface area is 199 Å². The minimum absolute atomic E-state index is 0.275. The lowest BCUT2D eigenvalue weighted by molar-refractivity contribution is 0.580. The molecule has 176 valence electrons. The van der Waals surface area contributed by atoms with Gasteiger partial charge in [-0.1, -0.05) is 31.2 Å². The van der Waals surface area contributed by atoms with Crippen molar-refractivity contribution in [2.24, 2.45) is 0 Å². The summed E-state index contributed by atoms with van der Waals surface area (Å²) in [6.07, 6.45) is 2.21. The molecule has 0 spiro atoms. The Kier molecular flexibility index (Phi) is 6.85. The summed E-state index contributed by atoms with van der Waals surface area (Å²) in [6, 6.07) is 14.6. The first-order chi connectivity index (χ1) is 16.3. The number of hydrogen-bond donors (Lipinski definition) is 1. The zero-order valence-corrected chi connectivity index (χ0v) is 20.4. The predicted molar refractivity (Wildman–Crippen MR) is 131 cm³/mol. The molecule has 0 saturated carbocycles. The molecule has 0 saturated heterocycles. The maximum absolute atomic E-state index is 12.6. The highest BCUT2D eigenvalue weighted by Crippen LogP contribution is 2.28. The topological polar surface area (TPSA) is 111 Å². The van der Waals surface area contributed by atoms with Crippen molar-refractivity contribution in [2.45, 2.75) is 43.9 Å². The van der Waals surface area contributed by atoms with Crippen molar-refractivity contribution in [3.8, 4) is 34.3 Å². The van der Waals surface area contributed by atoms with Crippen LogP contribution in [0.5, 0.6) is 0 Å². The molecule has 8 nitrogen and oxygen atoms in total. The molecular formula is C25H27N5O3S. The van der Waals surface area contributed by atoms with E-state index in [9.17, 15) is 8.42 Å². The van der Waals surface area contributed by atoms with Gasteiger partial charge < -0.3 is 9.73 Å². The highest BCUT2D eigenvalue weighted by molar-refractivity contribution is 7.92. The fourth-order valence-corrected chi connectivity index (χ4v) is 4.88. The van der Waals surface area contributed by atoms with Gasteiger partial charge in [0, 0.05) is 17.7 Å². The third-order valence-electron chi connectivity index (χ3n) is 5.75. The summed E-state index contributed by atoms with van der Waals surface area (Å²) in [5, 5.41) is 11.0. The largest absolute Gasteiger partial charge is 0.415 e. The van der Waals surface area contributed by atoms with Gasteiger partial charge in [-0.05, 0) is 57.1 Å². The first-order valence-corrected chi connectivity index (χ1v) is 12.6. The summed E-state index contributed by atoms with van der Waals surface area (Å²) in [5.41, 5.74) is 4.45. The van der Waals surface area contributed by atoms with Gasteiger partial charge in [-0.2, -0.15) is 0 Å². The van der Waals surface area contributed by atoms with Crippen molar-refractivity contribution in [3.63, 3.8) is 0 Å². The van der Waals surface area contributed by atoms with Crippen LogP contribution < -0.4 is 5.32 Å². The average molecular weight is 478 g/mol. The first-order valence-electron chi connectivity index (χ1n) is 11.1. The Balaban J connectivity index is 1.62. The van der Waals surface area contributed by atoms with Crippen LogP contribution in [-0.4, -0.2) is 40.9 Å². The molecule has 2 aromatic carbocycles. The molecule has 0 bridgehead atoms. The van der Waals surface area contributed by atoms with E-state index >= 15 is 0 Å². The van der Waals surface area contributed by atoms with Crippen molar-refractivity contribution in [1.82, 2.24) is 25.5 Å². The quantitative estimate of drug-likeness (QED) is 0.396. The van der Waals surface area contributed by atoms with Gasteiger partial charge in [-0.3, -0.25) is 4.98 Å². The van der Waals surface area contributed by atoms with Gasteiger partial charge in [-0.25, -0.2) is 13.4 Å². The maximum Gasteiger partial charge on any atom is 0.268 e. The van der Waals surface area contributed by atoms with Gasteiger partial charge in [0.25, 0.3) is 5.89 Å². The van der Waals surface area contributed by atoms with E-state index in [-0.39, 0.29) is 5.89 Å². The first kappa shape index (κ1) is 23.7. The summed E-state index contributed by atoms with van der Waals surface area (Å²) in [4.78, 5) is 9.43. The molecule has 1 N–H and O–H groups in total. The fourth-order valence-electron chi connectivity index (χ4n) is 3.46. The van der Waals surface area contributed by atoms with Crippen LogP contribution in [0.15, 0.2) is 64.0 Å². The summed E-state index contributed by atoms with van der Waals surface area (Å²) in [6.45, 7) is 6.18. The van der Waals surface area contributed by atoms with Gasteiger partial charge in [-0.15, -0.1) is 10.2 Å². The molecule has 2 aromatic heterocycles. The van der Waals surface area contributed by atoms with Gasteiger partial charge in [0.2, 0.25) is 5.89 Å². The van der Waals surface area contributed by atoms with Crippen molar-refractivity contribution < 1.29 is 12.8 Å². The molecule has 34 heavy (non-hydrogen) atoms. The van der Waals surface area contributed by atoms with E-state index in [1.165, 1.54) is 0 Å². The van der Waals surface area contributed by atoms with Crippen LogP contribution in [0.3, 0.4) is 0 Å². The van der Waals surface area contributed by atoms with Gasteiger partial charge in [0.1, 0.15) is 5.69 Å². The normalized spacial score (nSPS) is 12.6. The minimum Gasteiger partial charge on any atom is -0.415 e. The lowest BCUT2D eigenvalue weighted by atomic mass is 10.1. The molecule has 0 radical (unpaired) electrons. The van der Waals surface area contributed by atoms with Crippen LogP contribution in [0, 0.1) is 6.92 Å². The van der Waals surface area contributed by atoms with E-state index in [1.54, 1.807) is 37.4 Å². The van der Waals surface area contributed by atoms with Crippen molar-refractivity contribution in [1.29, 1.82) is 0 Å². The number of aromatic nitrogens is 4. The van der Waals surface area contributed by atoms with Crippen molar-refractivity contribution in [2.75, 3.05) is 7.05 Å². The van der Waals surface area contributed by atoms with Crippen LogP contribution in [0.25, 0.3) is 34.3 Å². The average Bonchev–Trinajstić information content (AvgIpc) is 3.34. The van der Waals surface area contributed by atoms with E-state index < -0.39 is 15.1 Å². The zero-order valence-electron chi connectivity index (χ0n) is 19.6. The van der Waals surface area contributed by atoms with E-state index in [1.807, 2.05) is 45.2 Å². The zero-order chi connectivity index (χ0) is 24.3. The smallest absolute Gasteiger partial charge is 0.268 e. The van der Waals surface area contributed by atoms with E-state index in [4.69, 9.17) is 4.42 Å². The number of sulfone groups is 1. The molecule has 1 atom stereocenters. The molecular weight excluding hydrogens is 450 g/mol. The molecule has 0 aliphatic heterocycles. The molecule has 4 aromatic rings. The lowest BCUT2D eigenvalue weighted by Crippen LogP contribution is -2.16. The van der Waals surface area contributed by atoms with Crippen LogP contribution in [0.1, 0.15) is 31.5 Å². The molecule has 0 aliphatic rings. The second-order valence-electron chi connectivity index (χ2n) is 8.12. The number of nitrogens with one attached hydrogen (secondary N) is 1. The van der Waals surface area contributed by atoms with E-state index in [2.05, 4.69) is 25.5 Å². The number of aryl methyl sites for hydroxylation is 1. The SMILES string of the molecule is CCC(C)S(=O)(=O)c1ccc(-c2cnc(C)c(-c3nnc(-c4ccc(CNC)cc4)o3)n2)cc1. The van der Waals surface area contributed by atoms with Crippen molar-refractivity contribution in [3.05, 3.63) is 66.0 Å². The molecule has 1 unspecified atom stereocenters. The molecule has 2 heterocycles. The summed E-state index contributed by atoms with van der Waals surface area (Å²) < 4.78 is 31.1. The third kappa shape index (κ3) is 4.76. The highest BCUT2D eigenvalue weighted by Gasteiger charge is 2.22. The Hall–Kier alpha value is -3.43. The fraction of sp³-hybridized carbons (Fsp3) is 0.280. The maximum atomic E-state index is 12.6. The Morgan fingerprint density at radius 1 is 0.971 bits per heavy atom. The molecule has 0 fully saturated rings. The predicted octanol–water partition coefficient (Wildman–Crippen LogP) is 4.46. The summed E-state index contributed by atoms with van der Waals surface area (Å²) in [7, 11) is -1.45. The Bertz CT molecular complexity index is 1380. The standard InChI is InChI=1S/C25H27N5O3S/c1-5-16(2)34(31,32)21-12-10-19(11-13-21)22-15-27-17(3)23(28-22)25-30-29-24(33-25)20-8-6-18(7-9-20)14-26-4/h6-13,15-16,26H,5,14H2,1-4H3. The van der Waals surface area contributed by atoms with Crippen molar-refractivity contribution >= 4 is 9.84 Å². The second kappa shape index (κ2) is 9.82. The Morgan fingerprint density at radius 3 is 2.26 bits per heavy atom. The molecule has 4 rings (SSSR count).